The average molecular weight is 634 g/mol. The minimum atomic E-state index is -3.44. The van der Waals surface area contributed by atoms with E-state index in [0.717, 1.165) is 16.3 Å². The van der Waals surface area contributed by atoms with Crippen molar-refractivity contribution in [1.29, 1.82) is 0 Å². The van der Waals surface area contributed by atoms with E-state index in [1.54, 1.807) is 39.6 Å². The molecule has 1 aromatic rings. The second-order valence-corrected chi connectivity index (χ2v) is 14.8. The number of nitrogens with zero attached hydrogens (tertiary/aromatic N) is 1. The third-order valence-corrected chi connectivity index (χ3v) is 9.53. The maximum absolute atomic E-state index is 13.8. The summed E-state index contributed by atoms with van der Waals surface area (Å²) in [5, 5.41) is 12.2. The van der Waals surface area contributed by atoms with Crippen molar-refractivity contribution in [1.82, 2.24) is 14.6 Å². The van der Waals surface area contributed by atoms with E-state index in [0.29, 0.717) is 6.20 Å². The Morgan fingerprint density at radius 3 is 2.56 bits per heavy atom. The smallest absolute Gasteiger partial charge is 0.330 e. The van der Waals surface area contributed by atoms with Crippen molar-refractivity contribution >= 4 is 52.9 Å². The van der Waals surface area contributed by atoms with Gasteiger partial charge in [-0.1, -0.05) is 32.5 Å². The summed E-state index contributed by atoms with van der Waals surface area (Å²) in [5.74, 6) is -1.57. The topological polar surface area (TPSA) is 158 Å². The lowest BCUT2D eigenvalue weighted by atomic mass is 10.00. The van der Waals surface area contributed by atoms with Crippen molar-refractivity contribution in [3.8, 4) is 0 Å². The predicted octanol–water partition coefficient (Wildman–Crippen LogP) is 2.03. The number of aliphatic hydroxyl groups excluding tert-OH is 1. The summed E-state index contributed by atoms with van der Waals surface area (Å²) in [4.78, 5) is 49.8. The fourth-order valence-electron chi connectivity index (χ4n) is 3.13. The van der Waals surface area contributed by atoms with E-state index >= 15 is 0 Å². The van der Waals surface area contributed by atoms with Crippen LogP contribution in [0.2, 0.25) is 0 Å². The Kier molecular flexibility index (Phi) is 12.3. The van der Waals surface area contributed by atoms with Crippen molar-refractivity contribution in [2.45, 2.75) is 77.5 Å². The molecule has 0 aromatic carbocycles. The summed E-state index contributed by atoms with van der Waals surface area (Å²) < 4.78 is 37.0. The number of hydrogen-bond donors (Lipinski definition) is 3. The van der Waals surface area contributed by atoms with Crippen LogP contribution in [0.5, 0.6) is 0 Å². The normalized spacial score (nSPS) is 23.9. The molecular formula is C22H34ClFN3O9PS2. The van der Waals surface area contributed by atoms with Crippen LogP contribution in [0, 0.1) is 11.2 Å². The molecule has 2 rings (SSSR count). The first-order chi connectivity index (χ1) is 17.9. The number of aromatic nitrogens is 2. The number of aliphatic hydroxyl groups is 1. The third-order valence-electron chi connectivity index (χ3n) is 5.15. The van der Waals surface area contributed by atoms with Crippen molar-refractivity contribution in [2.24, 2.45) is 5.41 Å². The second-order valence-electron chi connectivity index (χ2n) is 9.99. The summed E-state index contributed by atoms with van der Waals surface area (Å²) in [6.45, 7) is 6.45. The number of esters is 1. The Morgan fingerprint density at radius 2 is 1.97 bits per heavy atom. The third kappa shape index (κ3) is 9.72. The Labute approximate surface area is 239 Å². The van der Waals surface area contributed by atoms with Gasteiger partial charge in [0, 0.05) is 11.2 Å². The van der Waals surface area contributed by atoms with Gasteiger partial charge in [0.1, 0.15) is 23.6 Å². The summed E-state index contributed by atoms with van der Waals surface area (Å²) in [6.07, 6.45) is -3.60. The molecule has 0 unspecified atom stereocenters. The van der Waals surface area contributed by atoms with Crippen LogP contribution in [0.4, 0.5) is 4.39 Å². The molecule has 1 aliphatic heterocycles. The summed E-state index contributed by atoms with van der Waals surface area (Å²) in [7, 11) is 0. The summed E-state index contributed by atoms with van der Waals surface area (Å²) in [5.41, 5.74) is -2.74. The number of carbonyl (C=O) groups excluding carboxylic acids is 2. The second kappa shape index (κ2) is 14.1. The van der Waals surface area contributed by atoms with Gasteiger partial charge in [-0.2, -0.15) is 4.39 Å². The van der Waals surface area contributed by atoms with Crippen LogP contribution in [-0.4, -0.2) is 74.4 Å². The van der Waals surface area contributed by atoms with Crippen LogP contribution in [0.25, 0.3) is 0 Å². The van der Waals surface area contributed by atoms with Crippen LogP contribution in [0.1, 0.15) is 47.8 Å². The molecule has 0 radical (unpaired) electrons. The fraction of sp³-hybridized carbons (Fsp3) is 0.727. The number of aromatic amines is 1. The van der Waals surface area contributed by atoms with Crippen molar-refractivity contribution in [2.75, 3.05) is 19.0 Å². The minimum absolute atomic E-state index is 0.00357. The van der Waals surface area contributed by atoms with E-state index in [1.807, 2.05) is 0 Å². The molecule has 222 valence electrons. The van der Waals surface area contributed by atoms with Crippen LogP contribution >= 0.6 is 30.0 Å². The zero-order valence-corrected chi connectivity index (χ0v) is 25.6. The van der Waals surface area contributed by atoms with Gasteiger partial charge in [-0.25, -0.2) is 9.88 Å². The molecule has 0 saturated carbocycles. The first-order valence-corrected chi connectivity index (χ1v) is 16.0. The molecule has 1 saturated heterocycles. The zero-order valence-electron chi connectivity index (χ0n) is 22.3. The Hall–Kier alpha value is -1.16. The molecule has 1 fully saturated rings. The average Bonchev–Trinajstić information content (AvgIpc) is 3.10. The minimum Gasteiger partial charge on any atom is -0.462 e. The Bertz CT molecular complexity index is 1190. The van der Waals surface area contributed by atoms with Gasteiger partial charge in [0.2, 0.25) is 5.82 Å². The predicted molar refractivity (Wildman–Crippen MR) is 148 cm³/mol. The van der Waals surface area contributed by atoms with Gasteiger partial charge >= 0.3 is 11.7 Å². The lowest BCUT2D eigenvalue weighted by molar-refractivity contribution is -0.149. The number of carbonyl (C=O) groups is 2. The number of H-pyrrole nitrogens is 1. The summed E-state index contributed by atoms with van der Waals surface area (Å²) >= 11 is 12.9. The molecule has 0 bridgehead atoms. The van der Waals surface area contributed by atoms with E-state index < -0.39 is 64.9 Å². The highest BCUT2D eigenvalue weighted by molar-refractivity contribution is 8.13. The highest BCUT2D eigenvalue weighted by Gasteiger charge is 2.45. The van der Waals surface area contributed by atoms with Gasteiger partial charge in [0.15, 0.2) is 11.3 Å². The van der Waals surface area contributed by atoms with Crippen LogP contribution in [0.3, 0.4) is 0 Å². The maximum Gasteiger partial charge on any atom is 0.330 e. The maximum atomic E-state index is 13.8. The van der Waals surface area contributed by atoms with Crippen LogP contribution < -0.4 is 16.3 Å². The quantitative estimate of drug-likeness (QED) is 0.133. The number of ether oxygens (including phenoxy) is 2. The molecule has 17 heteroatoms. The van der Waals surface area contributed by atoms with Crippen molar-refractivity contribution < 1.29 is 37.6 Å². The molecule has 0 aliphatic carbocycles. The van der Waals surface area contributed by atoms with Gasteiger partial charge in [-0.3, -0.25) is 23.9 Å². The SMILES string of the molecule is CC(C)OC(=O)[C@H](C)N[P@@](=S)(OCCSC(=O)C(C)(C)C)OC[C@H]1O[C@@H](n2cc(F)c(=O)[nH]c2=O)[C@@H](Cl)[C@@H]1O. The van der Waals surface area contributed by atoms with Gasteiger partial charge in [-0.05, 0) is 32.6 Å². The largest absolute Gasteiger partial charge is 0.462 e. The van der Waals surface area contributed by atoms with E-state index in [9.17, 15) is 28.7 Å². The fourth-order valence-corrected chi connectivity index (χ4v) is 6.74. The zero-order chi connectivity index (χ0) is 29.7. The molecule has 12 nitrogen and oxygen atoms in total. The van der Waals surface area contributed by atoms with Crippen molar-refractivity contribution in [3.05, 3.63) is 32.9 Å². The van der Waals surface area contributed by atoms with E-state index in [4.69, 9.17) is 41.9 Å². The first-order valence-electron chi connectivity index (χ1n) is 12.0. The van der Waals surface area contributed by atoms with Gasteiger partial charge in [0.25, 0.3) is 12.2 Å². The Balaban J connectivity index is 2.14. The van der Waals surface area contributed by atoms with E-state index in [1.165, 1.54) is 6.92 Å². The number of thioether (sulfide) groups is 1. The summed E-state index contributed by atoms with van der Waals surface area (Å²) in [6, 6.07) is -0.923. The molecule has 6 atom stereocenters. The van der Waals surface area contributed by atoms with E-state index in [-0.39, 0.29) is 30.2 Å². The number of alkyl halides is 1. The number of halogens is 2. The first kappa shape index (κ1) is 34.0. The lowest BCUT2D eigenvalue weighted by Crippen LogP contribution is -2.37. The van der Waals surface area contributed by atoms with Crippen molar-refractivity contribution in [3.63, 3.8) is 0 Å². The number of rotatable bonds is 12. The van der Waals surface area contributed by atoms with Gasteiger partial charge < -0.3 is 23.6 Å². The molecule has 39 heavy (non-hydrogen) atoms. The molecular weight excluding hydrogens is 600 g/mol. The number of nitrogens with one attached hydrogen (secondary N) is 2. The Morgan fingerprint density at radius 1 is 1.33 bits per heavy atom. The highest BCUT2D eigenvalue weighted by Crippen LogP contribution is 2.46. The molecule has 1 aliphatic rings. The van der Waals surface area contributed by atoms with Gasteiger partial charge in [0.05, 0.1) is 25.5 Å². The highest BCUT2D eigenvalue weighted by atomic mass is 35.5. The molecule has 1 aromatic heterocycles. The van der Waals surface area contributed by atoms with E-state index in [2.05, 4.69) is 5.09 Å². The molecule has 3 N–H and O–H groups in total. The van der Waals surface area contributed by atoms with Crippen LogP contribution in [0.15, 0.2) is 15.8 Å². The monoisotopic (exact) mass is 633 g/mol. The lowest BCUT2D eigenvalue weighted by Gasteiger charge is -2.28. The molecule has 0 spiro atoms. The standard InChI is InChI=1S/C22H34ClFN3O9PS2/c1-11(2)35-19(30)12(3)26-37(38,33-7-8-39-20(31)22(4,5)6)34-10-14-16(28)15(23)18(36-14)27-9-13(24)17(29)25-21(27)32/h9,11-12,14-16,18,28H,7-8,10H2,1-6H3,(H,26,38)(H,25,29,32)/t12-,14+,15-,16+,18+,37+/m0/s1. The molecule has 2 heterocycles. The van der Waals surface area contributed by atoms with Gasteiger partial charge in [-0.15, -0.1) is 11.6 Å². The van der Waals surface area contributed by atoms with Crippen LogP contribution in [-0.2, 0) is 39.9 Å². The molecule has 0 amide bonds. The number of hydrogen-bond acceptors (Lipinski definition) is 11.